The number of aryl methyl sites for hydroxylation is 1. The second kappa shape index (κ2) is 9.68. The molecule has 0 bridgehead atoms. The summed E-state index contributed by atoms with van der Waals surface area (Å²) in [6.45, 7) is 4.32. The summed E-state index contributed by atoms with van der Waals surface area (Å²) in [6, 6.07) is 14.0. The maximum absolute atomic E-state index is 12.2. The van der Waals surface area contributed by atoms with Crippen molar-refractivity contribution in [2.75, 3.05) is 11.9 Å². The molecule has 5 nitrogen and oxygen atoms in total. The number of nitrogens with one attached hydrogen (secondary N) is 2. The lowest BCUT2D eigenvalue weighted by atomic mass is 10.1. The number of unbranched alkanes of at least 4 members (excludes halogenated alkanes) is 1. The topological polar surface area (TPSA) is 67.4 Å². The van der Waals surface area contributed by atoms with Gasteiger partial charge in [-0.2, -0.15) is 0 Å². The van der Waals surface area contributed by atoms with Crippen LogP contribution in [0.5, 0.6) is 0 Å². The molecule has 0 aromatic heterocycles. The van der Waals surface area contributed by atoms with E-state index < -0.39 is 0 Å². The Morgan fingerprint density at radius 1 is 1.08 bits per heavy atom. The van der Waals surface area contributed by atoms with Gasteiger partial charge in [0.25, 0.3) is 5.91 Å². The van der Waals surface area contributed by atoms with E-state index in [1.165, 1.54) is 0 Å². The van der Waals surface area contributed by atoms with Crippen LogP contribution in [-0.2, 0) is 4.74 Å². The fraction of sp³-hybridized carbons (Fsp3) is 0.250. The molecule has 2 rings (SSSR count). The van der Waals surface area contributed by atoms with Crippen molar-refractivity contribution >= 4 is 34.9 Å². The standard InChI is InChI=1S/C20H22N2O3S/c1-3-4-13-25-19(24)15-9-11-16(12-10-15)21-20(26)22-18(23)17-8-6-5-7-14(17)2/h5-12H,3-4,13H2,1-2H3,(H2,21,22,23,26). The van der Waals surface area contributed by atoms with Crippen molar-refractivity contribution in [3.05, 3.63) is 65.2 Å². The van der Waals surface area contributed by atoms with Crippen LogP contribution >= 0.6 is 12.2 Å². The summed E-state index contributed by atoms with van der Waals surface area (Å²) in [7, 11) is 0. The molecule has 0 aliphatic rings. The number of benzene rings is 2. The highest BCUT2D eigenvalue weighted by Crippen LogP contribution is 2.11. The van der Waals surface area contributed by atoms with Crippen LogP contribution in [0.25, 0.3) is 0 Å². The number of anilines is 1. The maximum atomic E-state index is 12.2. The number of hydrogen-bond acceptors (Lipinski definition) is 4. The van der Waals surface area contributed by atoms with Gasteiger partial charge in [0.15, 0.2) is 5.11 Å². The third kappa shape index (κ3) is 5.67. The number of thiocarbonyl (C=S) groups is 1. The number of amides is 1. The Morgan fingerprint density at radius 2 is 1.77 bits per heavy atom. The van der Waals surface area contributed by atoms with Crippen molar-refractivity contribution in [3.63, 3.8) is 0 Å². The third-order valence-electron chi connectivity index (χ3n) is 3.73. The number of ether oxygens (including phenoxy) is 1. The summed E-state index contributed by atoms with van der Waals surface area (Å²) in [4.78, 5) is 24.1. The van der Waals surface area contributed by atoms with Crippen molar-refractivity contribution in [2.45, 2.75) is 26.7 Å². The lowest BCUT2D eigenvalue weighted by Gasteiger charge is -2.11. The summed E-state index contributed by atoms with van der Waals surface area (Å²) in [6.07, 6.45) is 1.82. The number of carbonyl (C=O) groups is 2. The molecule has 6 heteroatoms. The summed E-state index contributed by atoms with van der Waals surface area (Å²) in [5.74, 6) is -0.614. The Labute approximate surface area is 158 Å². The lowest BCUT2D eigenvalue weighted by molar-refractivity contribution is 0.0499. The van der Waals surface area contributed by atoms with Crippen molar-refractivity contribution < 1.29 is 14.3 Å². The molecular weight excluding hydrogens is 348 g/mol. The van der Waals surface area contributed by atoms with E-state index in [4.69, 9.17) is 17.0 Å². The van der Waals surface area contributed by atoms with E-state index in [0.717, 1.165) is 18.4 Å². The smallest absolute Gasteiger partial charge is 0.338 e. The van der Waals surface area contributed by atoms with Gasteiger partial charge in [-0.15, -0.1) is 0 Å². The molecule has 0 heterocycles. The predicted molar refractivity (Wildman–Crippen MR) is 106 cm³/mol. The molecule has 2 N–H and O–H groups in total. The zero-order valence-corrected chi connectivity index (χ0v) is 15.7. The van der Waals surface area contributed by atoms with E-state index in [0.29, 0.717) is 23.4 Å². The number of hydrogen-bond donors (Lipinski definition) is 2. The van der Waals surface area contributed by atoms with E-state index in [9.17, 15) is 9.59 Å². The molecule has 2 aromatic carbocycles. The molecule has 0 saturated carbocycles. The summed E-state index contributed by atoms with van der Waals surface area (Å²) in [5.41, 5.74) is 2.59. The summed E-state index contributed by atoms with van der Waals surface area (Å²) < 4.78 is 5.16. The first-order valence-corrected chi connectivity index (χ1v) is 8.87. The maximum Gasteiger partial charge on any atom is 0.338 e. The fourth-order valence-electron chi connectivity index (χ4n) is 2.24. The van der Waals surface area contributed by atoms with Gasteiger partial charge in [-0.25, -0.2) is 4.79 Å². The minimum absolute atomic E-state index is 0.191. The SMILES string of the molecule is CCCCOC(=O)c1ccc(NC(=S)NC(=O)c2ccccc2C)cc1. The molecule has 0 atom stereocenters. The number of rotatable bonds is 6. The van der Waals surface area contributed by atoms with Gasteiger partial charge in [0.1, 0.15) is 0 Å². The zero-order valence-electron chi connectivity index (χ0n) is 14.9. The molecule has 0 aliphatic carbocycles. The van der Waals surface area contributed by atoms with E-state index in [1.54, 1.807) is 36.4 Å². The van der Waals surface area contributed by atoms with Gasteiger partial charge in [0, 0.05) is 11.3 Å². The van der Waals surface area contributed by atoms with E-state index >= 15 is 0 Å². The first-order valence-electron chi connectivity index (χ1n) is 8.46. The van der Waals surface area contributed by atoms with Gasteiger partial charge in [0.2, 0.25) is 0 Å². The zero-order chi connectivity index (χ0) is 18.9. The molecule has 136 valence electrons. The van der Waals surface area contributed by atoms with Crippen molar-refractivity contribution in [2.24, 2.45) is 0 Å². The molecule has 1 amide bonds. The van der Waals surface area contributed by atoms with E-state index in [2.05, 4.69) is 10.6 Å². The van der Waals surface area contributed by atoms with Gasteiger partial charge in [-0.3, -0.25) is 10.1 Å². The van der Waals surface area contributed by atoms with Gasteiger partial charge in [-0.05, 0) is 61.5 Å². The van der Waals surface area contributed by atoms with Crippen LogP contribution in [0.15, 0.2) is 48.5 Å². The first-order chi connectivity index (χ1) is 12.5. The molecule has 0 aliphatic heterocycles. The minimum Gasteiger partial charge on any atom is -0.462 e. The second-order valence-corrected chi connectivity index (χ2v) is 6.20. The van der Waals surface area contributed by atoms with Crippen LogP contribution in [0.2, 0.25) is 0 Å². The molecule has 2 aromatic rings. The summed E-state index contributed by atoms with van der Waals surface area (Å²) in [5, 5.41) is 5.77. The molecular formula is C20H22N2O3S. The molecule has 0 unspecified atom stereocenters. The normalized spacial score (nSPS) is 10.1. The Kier molecular flexibility index (Phi) is 7.29. The predicted octanol–water partition coefficient (Wildman–Crippen LogP) is 4.08. The van der Waals surface area contributed by atoms with Crippen LogP contribution in [0.3, 0.4) is 0 Å². The van der Waals surface area contributed by atoms with Gasteiger partial charge >= 0.3 is 5.97 Å². The minimum atomic E-state index is -0.347. The highest BCUT2D eigenvalue weighted by Gasteiger charge is 2.11. The highest BCUT2D eigenvalue weighted by atomic mass is 32.1. The molecule has 0 spiro atoms. The van der Waals surface area contributed by atoms with Crippen molar-refractivity contribution in [1.29, 1.82) is 0 Å². The van der Waals surface area contributed by atoms with Gasteiger partial charge in [-0.1, -0.05) is 31.5 Å². The van der Waals surface area contributed by atoms with Crippen LogP contribution in [0.4, 0.5) is 5.69 Å². The van der Waals surface area contributed by atoms with Crippen LogP contribution in [-0.4, -0.2) is 23.6 Å². The highest BCUT2D eigenvalue weighted by molar-refractivity contribution is 7.80. The van der Waals surface area contributed by atoms with Crippen molar-refractivity contribution in [1.82, 2.24) is 5.32 Å². The Balaban J connectivity index is 1.90. The fourth-order valence-corrected chi connectivity index (χ4v) is 2.45. The monoisotopic (exact) mass is 370 g/mol. The Morgan fingerprint density at radius 3 is 2.42 bits per heavy atom. The second-order valence-electron chi connectivity index (χ2n) is 5.79. The first kappa shape index (κ1) is 19.6. The average molecular weight is 370 g/mol. The molecule has 0 fully saturated rings. The number of esters is 1. The van der Waals surface area contributed by atoms with Gasteiger partial charge in [0.05, 0.1) is 12.2 Å². The third-order valence-corrected chi connectivity index (χ3v) is 3.93. The summed E-state index contributed by atoms with van der Waals surface area (Å²) >= 11 is 5.18. The quantitative estimate of drug-likeness (QED) is 0.456. The Hall–Kier alpha value is -2.73. The van der Waals surface area contributed by atoms with Crippen molar-refractivity contribution in [3.8, 4) is 0 Å². The van der Waals surface area contributed by atoms with E-state index in [1.807, 2.05) is 26.0 Å². The molecule has 26 heavy (non-hydrogen) atoms. The molecule has 0 radical (unpaired) electrons. The van der Waals surface area contributed by atoms with E-state index in [-0.39, 0.29) is 17.0 Å². The van der Waals surface area contributed by atoms with Crippen LogP contribution < -0.4 is 10.6 Å². The molecule has 0 saturated heterocycles. The largest absolute Gasteiger partial charge is 0.462 e. The lowest BCUT2D eigenvalue weighted by Crippen LogP contribution is -2.34. The average Bonchev–Trinajstić information content (AvgIpc) is 2.62. The number of carbonyl (C=O) groups excluding carboxylic acids is 2. The Bertz CT molecular complexity index is 788. The van der Waals surface area contributed by atoms with Crippen LogP contribution in [0, 0.1) is 6.92 Å². The van der Waals surface area contributed by atoms with Crippen LogP contribution in [0.1, 0.15) is 46.0 Å². The van der Waals surface area contributed by atoms with Gasteiger partial charge < -0.3 is 10.1 Å².